The molecule has 0 fully saturated rings. The first-order valence-electron chi connectivity index (χ1n) is 9.27. The number of carbonyl (C=O) groups is 2. The van der Waals surface area contributed by atoms with Crippen molar-refractivity contribution < 1.29 is 39.4 Å². The van der Waals surface area contributed by atoms with Crippen LogP contribution < -0.4 is 29.5 Å². The molecule has 3 aromatic heterocycles. The van der Waals surface area contributed by atoms with Crippen molar-refractivity contribution in [3.05, 3.63) is 60.3 Å². The van der Waals surface area contributed by atoms with E-state index < -0.39 is 17.8 Å². The molecule has 3 N–H and O–H groups in total. The molecule has 0 saturated carbocycles. The van der Waals surface area contributed by atoms with Gasteiger partial charge in [0.25, 0.3) is 0 Å². The first-order chi connectivity index (χ1) is 15.0. The van der Waals surface area contributed by atoms with E-state index in [1.165, 1.54) is 18.3 Å². The average molecular weight is 445 g/mol. The zero-order chi connectivity index (χ0) is 22.0. The maximum absolute atomic E-state index is 15.5. The smallest absolute Gasteiger partial charge is 1.00 e. The summed E-state index contributed by atoms with van der Waals surface area (Å²) in [4.78, 5) is 35.5. The van der Waals surface area contributed by atoms with Crippen LogP contribution in [0, 0.1) is 5.82 Å². The van der Waals surface area contributed by atoms with Gasteiger partial charge in [0, 0.05) is 35.6 Å². The molecule has 158 valence electrons. The number of amides is 2. The number of carboxylic acids is 1. The van der Waals surface area contributed by atoms with Crippen molar-refractivity contribution in [1.29, 1.82) is 0 Å². The number of hydrogen-bond acceptors (Lipinski definition) is 6. The number of anilines is 1. The van der Waals surface area contributed by atoms with Gasteiger partial charge in [0.1, 0.15) is 11.2 Å². The van der Waals surface area contributed by atoms with Gasteiger partial charge in [-0.3, -0.25) is 10.3 Å². The van der Waals surface area contributed by atoms with E-state index in [0.29, 0.717) is 28.1 Å². The van der Waals surface area contributed by atoms with E-state index >= 15 is 4.39 Å². The van der Waals surface area contributed by atoms with E-state index in [4.69, 9.17) is 5.11 Å². The number of fused-ring (bicyclic) bond motifs is 1. The molecule has 1 aromatic carbocycles. The summed E-state index contributed by atoms with van der Waals surface area (Å²) < 4.78 is 16.0. The Hall–Kier alpha value is -3.32. The van der Waals surface area contributed by atoms with Crippen LogP contribution in [0.25, 0.3) is 32.6 Å². The van der Waals surface area contributed by atoms with Gasteiger partial charge >= 0.3 is 30.9 Å². The number of carboxylic acid groups (broad SMARTS) is 1. The van der Waals surface area contributed by atoms with Gasteiger partial charge in [0.05, 0.1) is 10.4 Å². The summed E-state index contributed by atoms with van der Waals surface area (Å²) in [6.07, 6.45) is 2.93. The molecular formula is C21H17FLiN5O3S. The summed E-state index contributed by atoms with van der Waals surface area (Å²) in [5.41, 5.74) is 1.78. The Morgan fingerprint density at radius 2 is 2.00 bits per heavy atom. The summed E-state index contributed by atoms with van der Waals surface area (Å²) in [5, 5.41) is 14.5. The second-order valence-electron chi connectivity index (χ2n) is 6.42. The van der Waals surface area contributed by atoms with Crippen molar-refractivity contribution in [1.82, 2.24) is 20.3 Å². The predicted molar refractivity (Wildman–Crippen MR) is 117 cm³/mol. The van der Waals surface area contributed by atoms with E-state index in [1.807, 2.05) is 6.07 Å². The van der Waals surface area contributed by atoms with Crippen molar-refractivity contribution in [3.8, 4) is 22.4 Å². The second kappa shape index (κ2) is 9.87. The van der Waals surface area contributed by atoms with E-state index in [2.05, 4.69) is 25.6 Å². The molecule has 0 aliphatic rings. The third kappa shape index (κ3) is 4.62. The number of rotatable bonds is 5. The predicted octanol–water partition coefficient (Wildman–Crippen LogP) is 1.52. The number of hydrogen-bond donors (Lipinski definition) is 3. The fraction of sp³-hybridized carbons (Fsp3) is 0.0952. The van der Waals surface area contributed by atoms with Crippen LogP contribution in [0.5, 0.6) is 0 Å². The van der Waals surface area contributed by atoms with Gasteiger partial charge in [-0.2, -0.15) is 0 Å². The normalized spacial score (nSPS) is 10.4. The molecule has 4 aromatic rings. The molecule has 2 amide bonds. The molecule has 32 heavy (non-hydrogen) atoms. The van der Waals surface area contributed by atoms with Crippen LogP contribution in [0.15, 0.2) is 48.8 Å². The summed E-state index contributed by atoms with van der Waals surface area (Å²) in [7, 11) is 0. The van der Waals surface area contributed by atoms with Crippen molar-refractivity contribution in [2.24, 2.45) is 0 Å². The van der Waals surface area contributed by atoms with Crippen molar-refractivity contribution in [2.45, 2.75) is 6.92 Å². The zero-order valence-corrected chi connectivity index (χ0v) is 18.0. The van der Waals surface area contributed by atoms with Crippen molar-refractivity contribution in [3.63, 3.8) is 0 Å². The number of thiazole rings is 1. The minimum atomic E-state index is -1.17. The maximum atomic E-state index is 15.5. The van der Waals surface area contributed by atoms with Gasteiger partial charge in [-0.05, 0) is 31.2 Å². The molecule has 0 aliphatic heterocycles. The van der Waals surface area contributed by atoms with Crippen molar-refractivity contribution in [2.75, 3.05) is 11.9 Å². The van der Waals surface area contributed by atoms with Crippen LogP contribution in [-0.2, 0) is 0 Å². The third-order valence-corrected chi connectivity index (χ3v) is 5.40. The van der Waals surface area contributed by atoms with E-state index in [9.17, 15) is 9.59 Å². The summed E-state index contributed by atoms with van der Waals surface area (Å²) >= 11 is 1.14. The Bertz CT molecular complexity index is 1290. The molecule has 0 atom stereocenters. The average Bonchev–Trinajstić information content (AvgIpc) is 3.19. The number of pyridine rings is 2. The standard InChI is InChI=1S/C21H16FN5O3S.Li.H/c1-2-23-20(30)27-21-26-17-16(22)12(11-6-7-15(19(28)29)25-10-11)9-13(18(17)31-21)14-5-3-4-8-24-14;;/h3-10H,2H2,1H3,(H,28,29)(H2,23,26,27,30);;/q;+1;-1. The van der Waals surface area contributed by atoms with Crippen LogP contribution in [-0.4, -0.2) is 38.6 Å². The fourth-order valence-corrected chi connectivity index (χ4v) is 3.99. The third-order valence-electron chi connectivity index (χ3n) is 4.40. The number of carbonyl (C=O) groups excluding carboxylic acids is 1. The van der Waals surface area contributed by atoms with Gasteiger partial charge < -0.3 is 11.8 Å². The molecule has 4 rings (SSSR count). The Kier molecular flexibility index (Phi) is 7.20. The van der Waals surface area contributed by atoms with Gasteiger partial charge in [-0.25, -0.2) is 23.9 Å². The van der Waals surface area contributed by atoms with Gasteiger partial charge in [0.2, 0.25) is 0 Å². The SMILES string of the molecule is CCNC(=O)Nc1nc2c(F)c(-c3ccc(C(=O)O)nc3)cc(-c3ccccn3)c2s1.[H-].[Li+]. The number of urea groups is 1. The second-order valence-corrected chi connectivity index (χ2v) is 7.42. The van der Waals surface area contributed by atoms with Crippen LogP contribution in [0.2, 0.25) is 0 Å². The number of aromatic nitrogens is 3. The molecule has 0 aliphatic carbocycles. The molecule has 8 nitrogen and oxygen atoms in total. The molecule has 0 radical (unpaired) electrons. The van der Waals surface area contributed by atoms with E-state index in [1.54, 1.807) is 31.3 Å². The van der Waals surface area contributed by atoms with Crippen molar-refractivity contribution >= 4 is 38.7 Å². The van der Waals surface area contributed by atoms with Gasteiger partial charge in [0.15, 0.2) is 10.9 Å². The fourth-order valence-electron chi connectivity index (χ4n) is 3.01. The van der Waals surface area contributed by atoms with Crippen LogP contribution in [0.3, 0.4) is 0 Å². The summed E-state index contributed by atoms with van der Waals surface area (Å²) in [6, 6.07) is 9.37. The van der Waals surface area contributed by atoms with Crippen LogP contribution in [0.4, 0.5) is 14.3 Å². The molecular weight excluding hydrogens is 428 g/mol. The largest absolute Gasteiger partial charge is 1.00 e. The first kappa shape index (κ1) is 23.3. The number of halogens is 1. The van der Waals surface area contributed by atoms with Gasteiger partial charge in [-0.15, -0.1) is 0 Å². The van der Waals surface area contributed by atoms with E-state index in [0.717, 1.165) is 11.3 Å². The summed E-state index contributed by atoms with van der Waals surface area (Å²) in [5.74, 6) is -1.77. The molecule has 0 saturated heterocycles. The van der Waals surface area contributed by atoms with Crippen LogP contribution in [0.1, 0.15) is 18.8 Å². The number of benzene rings is 1. The van der Waals surface area contributed by atoms with Crippen LogP contribution >= 0.6 is 11.3 Å². The molecule has 0 spiro atoms. The monoisotopic (exact) mass is 445 g/mol. The minimum absolute atomic E-state index is 0. The Morgan fingerprint density at radius 3 is 2.62 bits per heavy atom. The quantitative estimate of drug-likeness (QED) is 0.401. The Balaban J connectivity index is 0.00000193. The Morgan fingerprint density at radius 1 is 1.19 bits per heavy atom. The zero-order valence-electron chi connectivity index (χ0n) is 18.2. The first-order valence-corrected chi connectivity index (χ1v) is 10.1. The van der Waals surface area contributed by atoms with E-state index in [-0.39, 0.29) is 42.2 Å². The maximum Gasteiger partial charge on any atom is 1.00 e. The number of nitrogens with zero attached hydrogens (tertiary/aromatic N) is 3. The number of nitrogens with one attached hydrogen (secondary N) is 2. The summed E-state index contributed by atoms with van der Waals surface area (Å²) in [6.45, 7) is 2.22. The molecule has 0 bridgehead atoms. The van der Waals surface area contributed by atoms with Gasteiger partial charge in [-0.1, -0.05) is 23.5 Å². The topological polar surface area (TPSA) is 117 Å². The molecule has 0 unspecified atom stereocenters. The molecule has 11 heteroatoms. The molecule has 3 heterocycles. The Labute approximate surface area is 199 Å². The number of aromatic carboxylic acids is 1. The minimum Gasteiger partial charge on any atom is -1.00 e.